The van der Waals surface area contributed by atoms with Gasteiger partial charge >= 0.3 is 0 Å². The number of hydrogen-bond acceptors (Lipinski definition) is 9. The normalized spacial score (nSPS) is 10.8. The number of carbonyl (C=O) groups is 2. The maximum absolute atomic E-state index is 12.3. The lowest BCUT2D eigenvalue weighted by atomic mass is 10.2. The molecule has 40 heavy (non-hydrogen) atoms. The fraction of sp³-hybridized carbons (Fsp3) is 0.250. The van der Waals surface area contributed by atoms with Crippen molar-refractivity contribution in [3.8, 4) is 11.6 Å². The van der Waals surface area contributed by atoms with Gasteiger partial charge in [0.2, 0.25) is 17.8 Å². The minimum Gasteiger partial charge on any atom is -0.494 e. The molecule has 3 N–H and O–H groups in total. The van der Waals surface area contributed by atoms with Crippen LogP contribution in [0, 0.1) is 0 Å². The van der Waals surface area contributed by atoms with Crippen molar-refractivity contribution in [3.63, 3.8) is 0 Å². The van der Waals surface area contributed by atoms with Gasteiger partial charge in [-0.1, -0.05) is 18.7 Å². The third kappa shape index (κ3) is 6.35. The van der Waals surface area contributed by atoms with E-state index >= 15 is 0 Å². The van der Waals surface area contributed by atoms with Crippen LogP contribution in [-0.2, 0) is 9.59 Å². The first-order chi connectivity index (χ1) is 19.2. The molecule has 2 amide bonds. The van der Waals surface area contributed by atoms with Crippen molar-refractivity contribution in [2.24, 2.45) is 0 Å². The highest BCUT2D eigenvalue weighted by atomic mass is 16.5. The molecule has 12 heteroatoms. The molecule has 0 atom stereocenters. The van der Waals surface area contributed by atoms with Gasteiger partial charge in [0.15, 0.2) is 11.6 Å². The van der Waals surface area contributed by atoms with Crippen LogP contribution in [-0.4, -0.2) is 77.8 Å². The molecule has 0 saturated carbocycles. The number of para-hydroxylation sites is 1. The highest BCUT2D eigenvalue weighted by molar-refractivity contribution is 6.02. The van der Waals surface area contributed by atoms with Crippen molar-refractivity contribution in [1.82, 2.24) is 24.6 Å². The van der Waals surface area contributed by atoms with Crippen LogP contribution in [0.3, 0.4) is 0 Å². The van der Waals surface area contributed by atoms with E-state index in [1.807, 2.05) is 56.4 Å². The van der Waals surface area contributed by atoms with Gasteiger partial charge in [0.05, 0.1) is 29.7 Å². The zero-order chi connectivity index (χ0) is 28.8. The van der Waals surface area contributed by atoms with Gasteiger partial charge in [0, 0.05) is 50.8 Å². The van der Waals surface area contributed by atoms with E-state index in [-0.39, 0.29) is 17.8 Å². The van der Waals surface area contributed by atoms with E-state index < -0.39 is 0 Å². The number of methoxy groups -OCH3 is 1. The predicted molar refractivity (Wildman–Crippen MR) is 158 cm³/mol. The molecule has 208 valence electrons. The Labute approximate surface area is 232 Å². The number of anilines is 5. The van der Waals surface area contributed by atoms with Crippen LogP contribution >= 0.6 is 0 Å². The number of aromatic nitrogens is 4. The molecule has 0 aliphatic rings. The first kappa shape index (κ1) is 28.0. The molecule has 0 spiro atoms. The maximum Gasteiger partial charge on any atom is 0.247 e. The summed E-state index contributed by atoms with van der Waals surface area (Å²) in [7, 11) is 7.53. The first-order valence-electron chi connectivity index (χ1n) is 12.6. The van der Waals surface area contributed by atoms with Crippen LogP contribution in [0.15, 0.2) is 61.3 Å². The average Bonchev–Trinajstić information content (AvgIpc) is 3.29. The molecule has 2 heterocycles. The van der Waals surface area contributed by atoms with Crippen molar-refractivity contribution in [3.05, 3.63) is 61.3 Å². The number of benzene rings is 2. The van der Waals surface area contributed by atoms with Gasteiger partial charge in [-0.3, -0.25) is 9.59 Å². The number of nitrogens with zero attached hydrogens (tertiary/aromatic N) is 6. The number of likely N-dealkylation sites (N-methyl/N-ethyl adjacent to an activating group) is 2. The first-order valence-corrected chi connectivity index (χ1v) is 12.6. The number of rotatable bonds is 11. The number of fused-ring (bicyclic) bond motifs is 1. The smallest absolute Gasteiger partial charge is 0.247 e. The summed E-state index contributed by atoms with van der Waals surface area (Å²) in [6.45, 7) is 6.55. The Morgan fingerprint density at radius 3 is 2.55 bits per heavy atom. The van der Waals surface area contributed by atoms with Crippen molar-refractivity contribution < 1.29 is 14.3 Å². The van der Waals surface area contributed by atoms with Crippen LogP contribution in [0.25, 0.3) is 16.7 Å². The highest BCUT2D eigenvalue weighted by Crippen LogP contribution is 2.38. The largest absolute Gasteiger partial charge is 0.494 e. The van der Waals surface area contributed by atoms with Crippen LogP contribution in [0.4, 0.5) is 28.8 Å². The zero-order valence-corrected chi connectivity index (χ0v) is 23.2. The van der Waals surface area contributed by atoms with Gasteiger partial charge in [0.25, 0.3) is 0 Å². The molecule has 12 nitrogen and oxygen atoms in total. The molecule has 4 rings (SSSR count). The van der Waals surface area contributed by atoms with E-state index in [1.54, 1.807) is 30.1 Å². The van der Waals surface area contributed by atoms with E-state index in [0.29, 0.717) is 28.8 Å². The fourth-order valence-electron chi connectivity index (χ4n) is 4.05. The Balaban J connectivity index is 1.72. The second-order valence-corrected chi connectivity index (χ2v) is 9.31. The van der Waals surface area contributed by atoms with Crippen LogP contribution < -0.4 is 25.6 Å². The molecule has 0 fully saturated rings. The molecule has 0 radical (unpaired) electrons. The number of carbonyl (C=O) groups excluding carboxylic acids is 2. The molecule has 2 aromatic heterocycles. The third-order valence-corrected chi connectivity index (χ3v) is 6.04. The molecule has 0 aliphatic heterocycles. The Morgan fingerprint density at radius 2 is 1.85 bits per heavy atom. The number of hydrogen-bond donors (Lipinski definition) is 3. The molecule has 0 aliphatic carbocycles. The van der Waals surface area contributed by atoms with Crippen LogP contribution in [0.5, 0.6) is 5.75 Å². The number of nitrogens with one attached hydrogen (secondary N) is 3. The molecular formula is C28H33N9O3. The SMILES string of the molecule is C=CC(=O)Nc1cc(Nc2nccc(-n3nc(NC(C)=O)c4ccccc43)n2)c(OC)cc1N(C)CCN(C)C. The Hall–Kier alpha value is -4.97. The molecule has 0 unspecified atom stereocenters. The van der Waals surface area contributed by atoms with Gasteiger partial charge in [-0.25, -0.2) is 9.67 Å². The number of ether oxygens (including phenoxy) is 1. The maximum atomic E-state index is 12.3. The van der Waals surface area contributed by atoms with Gasteiger partial charge in [-0.05, 0) is 38.4 Å². The average molecular weight is 544 g/mol. The summed E-state index contributed by atoms with van der Waals surface area (Å²) in [5.74, 6) is 1.19. The Bertz CT molecular complexity index is 1550. The van der Waals surface area contributed by atoms with Crippen molar-refractivity contribution in [2.45, 2.75) is 6.92 Å². The third-order valence-electron chi connectivity index (χ3n) is 6.04. The zero-order valence-electron chi connectivity index (χ0n) is 23.2. The van der Waals surface area contributed by atoms with Gasteiger partial charge in [0.1, 0.15) is 5.75 Å². The van der Waals surface area contributed by atoms with Crippen molar-refractivity contribution in [2.75, 3.05) is 62.2 Å². The summed E-state index contributed by atoms with van der Waals surface area (Å²) in [5, 5.41) is 14.2. The van der Waals surface area contributed by atoms with E-state index in [1.165, 1.54) is 13.0 Å². The Morgan fingerprint density at radius 1 is 1.07 bits per heavy atom. The molecule has 0 bridgehead atoms. The topological polar surface area (TPSA) is 130 Å². The summed E-state index contributed by atoms with van der Waals surface area (Å²) < 4.78 is 7.33. The van der Waals surface area contributed by atoms with Crippen molar-refractivity contribution in [1.29, 1.82) is 0 Å². The van der Waals surface area contributed by atoms with Crippen molar-refractivity contribution >= 4 is 51.5 Å². The van der Waals surface area contributed by atoms with Crippen LogP contribution in [0.2, 0.25) is 0 Å². The minimum atomic E-state index is -0.336. The second-order valence-electron chi connectivity index (χ2n) is 9.31. The van der Waals surface area contributed by atoms with Gasteiger partial charge < -0.3 is 30.5 Å². The standard InChI is InChI=1S/C28H33N9O3/c1-7-26(39)31-20-16-21(24(40-6)17-23(20)36(5)15-14-35(3)4)32-28-29-13-12-25(33-28)37-22-11-9-8-10-19(22)27(34-37)30-18(2)38/h7-13,16-17H,1,14-15H2,2-6H3,(H,31,39)(H,29,32,33)(H,30,34,38). The monoisotopic (exact) mass is 543 g/mol. The summed E-state index contributed by atoms with van der Waals surface area (Å²) in [4.78, 5) is 37.1. The summed E-state index contributed by atoms with van der Waals surface area (Å²) in [6, 6.07) is 12.9. The minimum absolute atomic E-state index is 0.220. The quantitative estimate of drug-likeness (QED) is 0.243. The molecule has 2 aromatic carbocycles. The summed E-state index contributed by atoms with van der Waals surface area (Å²) >= 11 is 0. The fourth-order valence-corrected chi connectivity index (χ4v) is 4.05. The van der Waals surface area contributed by atoms with E-state index in [4.69, 9.17) is 4.74 Å². The summed E-state index contributed by atoms with van der Waals surface area (Å²) in [5.41, 5.74) is 2.67. The summed E-state index contributed by atoms with van der Waals surface area (Å²) in [6.07, 6.45) is 2.83. The highest BCUT2D eigenvalue weighted by Gasteiger charge is 2.18. The van der Waals surface area contributed by atoms with E-state index in [0.717, 1.165) is 29.7 Å². The number of amides is 2. The van der Waals surface area contributed by atoms with Gasteiger partial charge in [-0.2, -0.15) is 4.98 Å². The Kier molecular flexibility index (Phi) is 8.60. The predicted octanol–water partition coefficient (Wildman–Crippen LogP) is 3.65. The van der Waals surface area contributed by atoms with E-state index in [2.05, 4.69) is 42.5 Å². The lowest BCUT2D eigenvalue weighted by Gasteiger charge is -2.26. The van der Waals surface area contributed by atoms with E-state index in [9.17, 15) is 9.59 Å². The second kappa shape index (κ2) is 12.3. The lowest BCUT2D eigenvalue weighted by molar-refractivity contribution is -0.114. The van der Waals surface area contributed by atoms with Crippen LogP contribution in [0.1, 0.15) is 6.92 Å². The van der Waals surface area contributed by atoms with Gasteiger partial charge in [-0.15, -0.1) is 5.10 Å². The molecule has 4 aromatic rings. The molecular weight excluding hydrogens is 510 g/mol. The molecule has 0 saturated heterocycles. The lowest BCUT2D eigenvalue weighted by Crippen LogP contribution is -2.29.